The highest BCUT2D eigenvalue weighted by molar-refractivity contribution is 5.44. The van der Waals surface area contributed by atoms with Crippen molar-refractivity contribution in [3.63, 3.8) is 0 Å². The molecular weight excluding hydrogens is 172 g/mol. The van der Waals surface area contributed by atoms with Gasteiger partial charge in [0, 0.05) is 31.2 Å². The number of hydrogen-bond acceptors (Lipinski definition) is 2. The molecule has 0 saturated carbocycles. The fourth-order valence-electron chi connectivity index (χ4n) is 2.19. The van der Waals surface area contributed by atoms with Crippen LogP contribution >= 0.6 is 0 Å². The Morgan fingerprint density at radius 3 is 2.93 bits per heavy atom. The van der Waals surface area contributed by atoms with Crippen LogP contribution in [0, 0.1) is 5.92 Å². The Morgan fingerprint density at radius 1 is 1.43 bits per heavy atom. The minimum Gasteiger partial charge on any atom is -0.371 e. The lowest BCUT2D eigenvalue weighted by Crippen LogP contribution is -2.35. The van der Waals surface area contributed by atoms with Crippen molar-refractivity contribution >= 4 is 5.69 Å². The Bertz CT molecular complexity index is 271. The van der Waals surface area contributed by atoms with Crippen LogP contribution in [0.25, 0.3) is 0 Å². The standard InChI is InChI=1S/C12H18N2/c1-2-11-4-3-9-14(10-11)12-5-7-13-8-6-12/h5-8,11H,2-4,9-10H2,1H3. The third-order valence-electron chi connectivity index (χ3n) is 3.12. The lowest BCUT2D eigenvalue weighted by molar-refractivity contribution is 0.404. The van der Waals surface area contributed by atoms with Crippen LogP contribution in [0.3, 0.4) is 0 Å². The van der Waals surface area contributed by atoms with Crippen molar-refractivity contribution in [3.8, 4) is 0 Å². The van der Waals surface area contributed by atoms with Crippen LogP contribution in [0.4, 0.5) is 5.69 Å². The second-order valence-electron chi connectivity index (χ2n) is 4.07. The molecule has 76 valence electrons. The van der Waals surface area contributed by atoms with Gasteiger partial charge in [0.05, 0.1) is 0 Å². The number of anilines is 1. The third kappa shape index (κ3) is 2.06. The average molecular weight is 190 g/mol. The first-order valence-corrected chi connectivity index (χ1v) is 5.55. The van der Waals surface area contributed by atoms with Crippen molar-refractivity contribution < 1.29 is 0 Å². The van der Waals surface area contributed by atoms with Crippen LogP contribution in [0.2, 0.25) is 0 Å². The van der Waals surface area contributed by atoms with Gasteiger partial charge in [-0.05, 0) is 30.9 Å². The molecule has 0 amide bonds. The molecule has 1 aromatic rings. The topological polar surface area (TPSA) is 16.1 Å². The van der Waals surface area contributed by atoms with Gasteiger partial charge in [-0.2, -0.15) is 0 Å². The molecule has 0 aromatic carbocycles. The van der Waals surface area contributed by atoms with E-state index in [2.05, 4.69) is 28.9 Å². The van der Waals surface area contributed by atoms with Gasteiger partial charge in [-0.3, -0.25) is 4.98 Å². The summed E-state index contributed by atoms with van der Waals surface area (Å²) in [5, 5.41) is 0. The van der Waals surface area contributed by atoms with Crippen LogP contribution in [-0.2, 0) is 0 Å². The largest absolute Gasteiger partial charge is 0.371 e. The molecule has 0 aliphatic carbocycles. The highest BCUT2D eigenvalue weighted by Crippen LogP contribution is 2.23. The second-order valence-corrected chi connectivity index (χ2v) is 4.07. The molecule has 1 fully saturated rings. The molecule has 0 radical (unpaired) electrons. The van der Waals surface area contributed by atoms with Crippen LogP contribution in [0.5, 0.6) is 0 Å². The number of aromatic nitrogens is 1. The lowest BCUT2D eigenvalue weighted by Gasteiger charge is -2.33. The van der Waals surface area contributed by atoms with E-state index in [4.69, 9.17) is 0 Å². The maximum absolute atomic E-state index is 4.05. The van der Waals surface area contributed by atoms with E-state index in [0.29, 0.717) is 0 Å². The van der Waals surface area contributed by atoms with Crippen molar-refractivity contribution in [2.75, 3.05) is 18.0 Å². The molecule has 2 rings (SSSR count). The first-order valence-electron chi connectivity index (χ1n) is 5.55. The van der Waals surface area contributed by atoms with Gasteiger partial charge in [0.1, 0.15) is 0 Å². The molecule has 0 bridgehead atoms. The van der Waals surface area contributed by atoms with Crippen LogP contribution in [0.15, 0.2) is 24.5 Å². The van der Waals surface area contributed by atoms with Gasteiger partial charge in [-0.1, -0.05) is 13.3 Å². The van der Waals surface area contributed by atoms with Crippen molar-refractivity contribution in [2.45, 2.75) is 26.2 Å². The van der Waals surface area contributed by atoms with Gasteiger partial charge >= 0.3 is 0 Å². The predicted molar refractivity (Wildman–Crippen MR) is 59.5 cm³/mol. The molecule has 1 unspecified atom stereocenters. The number of pyridine rings is 1. The summed E-state index contributed by atoms with van der Waals surface area (Å²) in [5.74, 6) is 0.886. The summed E-state index contributed by atoms with van der Waals surface area (Å²) in [6.07, 6.45) is 7.80. The third-order valence-corrected chi connectivity index (χ3v) is 3.12. The maximum Gasteiger partial charge on any atom is 0.0397 e. The van der Waals surface area contributed by atoms with E-state index in [0.717, 1.165) is 5.92 Å². The average Bonchev–Trinajstić information content (AvgIpc) is 2.30. The van der Waals surface area contributed by atoms with Gasteiger partial charge in [0.2, 0.25) is 0 Å². The minimum absolute atomic E-state index is 0.886. The zero-order valence-electron chi connectivity index (χ0n) is 8.82. The molecule has 0 spiro atoms. The molecule has 1 atom stereocenters. The van der Waals surface area contributed by atoms with E-state index in [-0.39, 0.29) is 0 Å². The summed E-state index contributed by atoms with van der Waals surface area (Å²) in [6, 6.07) is 4.22. The van der Waals surface area contributed by atoms with Crippen LogP contribution in [0.1, 0.15) is 26.2 Å². The van der Waals surface area contributed by atoms with E-state index in [1.165, 1.54) is 38.0 Å². The number of hydrogen-bond donors (Lipinski definition) is 0. The molecule has 1 aliphatic rings. The smallest absolute Gasteiger partial charge is 0.0397 e. The Labute approximate surface area is 86.0 Å². The number of piperidine rings is 1. The molecule has 0 N–H and O–H groups in total. The van der Waals surface area contributed by atoms with E-state index < -0.39 is 0 Å². The zero-order chi connectivity index (χ0) is 9.80. The van der Waals surface area contributed by atoms with Crippen molar-refractivity contribution in [1.29, 1.82) is 0 Å². The van der Waals surface area contributed by atoms with Gasteiger partial charge in [-0.15, -0.1) is 0 Å². The highest BCUT2D eigenvalue weighted by atomic mass is 15.1. The van der Waals surface area contributed by atoms with Crippen molar-refractivity contribution in [2.24, 2.45) is 5.92 Å². The minimum atomic E-state index is 0.886. The Morgan fingerprint density at radius 2 is 2.21 bits per heavy atom. The predicted octanol–water partition coefficient (Wildman–Crippen LogP) is 2.71. The highest BCUT2D eigenvalue weighted by Gasteiger charge is 2.18. The molecule has 2 heterocycles. The fourth-order valence-corrected chi connectivity index (χ4v) is 2.19. The van der Waals surface area contributed by atoms with E-state index >= 15 is 0 Å². The quantitative estimate of drug-likeness (QED) is 0.712. The first-order chi connectivity index (χ1) is 6.90. The Hall–Kier alpha value is -1.05. The molecular formula is C12H18N2. The molecule has 1 aromatic heterocycles. The molecule has 2 heteroatoms. The molecule has 1 saturated heterocycles. The van der Waals surface area contributed by atoms with Gasteiger partial charge in [0.15, 0.2) is 0 Å². The van der Waals surface area contributed by atoms with Crippen molar-refractivity contribution in [3.05, 3.63) is 24.5 Å². The summed E-state index contributed by atoms with van der Waals surface area (Å²) in [5.41, 5.74) is 1.33. The summed E-state index contributed by atoms with van der Waals surface area (Å²) in [6.45, 7) is 4.72. The fraction of sp³-hybridized carbons (Fsp3) is 0.583. The zero-order valence-corrected chi connectivity index (χ0v) is 8.82. The molecule has 2 nitrogen and oxygen atoms in total. The normalized spacial score (nSPS) is 22.4. The molecule has 1 aliphatic heterocycles. The second kappa shape index (κ2) is 4.45. The van der Waals surface area contributed by atoms with E-state index in [1.54, 1.807) is 0 Å². The first kappa shape index (κ1) is 9.50. The summed E-state index contributed by atoms with van der Waals surface area (Å²) in [4.78, 5) is 6.54. The van der Waals surface area contributed by atoms with Crippen LogP contribution < -0.4 is 4.90 Å². The Balaban J connectivity index is 2.04. The summed E-state index contributed by atoms with van der Waals surface area (Å²) in [7, 11) is 0. The number of nitrogens with zero attached hydrogens (tertiary/aromatic N) is 2. The van der Waals surface area contributed by atoms with Crippen molar-refractivity contribution in [1.82, 2.24) is 4.98 Å². The monoisotopic (exact) mass is 190 g/mol. The van der Waals surface area contributed by atoms with E-state index in [1.807, 2.05) is 12.4 Å². The van der Waals surface area contributed by atoms with E-state index in [9.17, 15) is 0 Å². The summed E-state index contributed by atoms with van der Waals surface area (Å²) >= 11 is 0. The maximum atomic E-state index is 4.05. The lowest BCUT2D eigenvalue weighted by atomic mass is 9.95. The Kier molecular flexibility index (Phi) is 3.02. The van der Waals surface area contributed by atoms with Gasteiger partial charge in [-0.25, -0.2) is 0 Å². The van der Waals surface area contributed by atoms with Gasteiger partial charge in [0.25, 0.3) is 0 Å². The molecule has 14 heavy (non-hydrogen) atoms. The SMILES string of the molecule is CCC1CCCN(c2ccncc2)C1. The van der Waals surface area contributed by atoms with Gasteiger partial charge < -0.3 is 4.90 Å². The number of rotatable bonds is 2. The summed E-state index contributed by atoms with van der Waals surface area (Å²) < 4.78 is 0. The van der Waals surface area contributed by atoms with Crippen LogP contribution in [-0.4, -0.2) is 18.1 Å².